The first-order chi connectivity index (χ1) is 9.92. The van der Waals surface area contributed by atoms with Crippen molar-refractivity contribution in [2.45, 2.75) is 70.6 Å². The Morgan fingerprint density at radius 3 is 2.57 bits per heavy atom. The van der Waals surface area contributed by atoms with Crippen LogP contribution >= 0.6 is 0 Å². The Hall–Kier alpha value is -1.14. The third-order valence-corrected chi connectivity index (χ3v) is 4.16. The van der Waals surface area contributed by atoms with Gasteiger partial charge < -0.3 is 19.9 Å². The molecule has 1 saturated heterocycles. The molecule has 0 spiro atoms. The number of amides is 1. The van der Waals surface area contributed by atoms with E-state index in [9.17, 15) is 9.59 Å². The molecule has 122 valence electrons. The van der Waals surface area contributed by atoms with Crippen LogP contribution in [0.15, 0.2) is 0 Å². The molecule has 0 aromatic carbocycles. The highest BCUT2D eigenvalue weighted by Crippen LogP contribution is 2.20. The summed E-state index contributed by atoms with van der Waals surface area (Å²) in [5.74, 6) is -1.18. The third-order valence-electron chi connectivity index (χ3n) is 4.16. The summed E-state index contributed by atoms with van der Waals surface area (Å²) in [6.07, 6.45) is 2.51. The average Bonchev–Trinajstić information content (AvgIpc) is 2.96. The van der Waals surface area contributed by atoms with E-state index in [0.29, 0.717) is 19.4 Å². The van der Waals surface area contributed by atoms with Gasteiger partial charge in [0.15, 0.2) is 0 Å². The van der Waals surface area contributed by atoms with Crippen LogP contribution < -0.4 is 5.32 Å². The van der Waals surface area contributed by atoms with Crippen LogP contribution in [-0.2, 0) is 19.1 Å². The number of carbonyl (C=O) groups excluding carboxylic acids is 1. The molecule has 2 N–H and O–H groups in total. The molecule has 1 aliphatic rings. The Bertz CT molecular complexity index is 348. The van der Waals surface area contributed by atoms with Crippen LogP contribution in [0.5, 0.6) is 0 Å². The summed E-state index contributed by atoms with van der Waals surface area (Å²) >= 11 is 0. The van der Waals surface area contributed by atoms with Crippen molar-refractivity contribution in [2.75, 3.05) is 13.2 Å². The van der Waals surface area contributed by atoms with Crippen LogP contribution in [0.4, 0.5) is 0 Å². The van der Waals surface area contributed by atoms with Crippen LogP contribution in [0.3, 0.4) is 0 Å². The SMILES string of the molecule is CCC(CC)(CC(=O)O)NC(=O)C(C)OCC1CCCO1. The number of hydrogen-bond acceptors (Lipinski definition) is 4. The Kier molecular flexibility index (Phi) is 7.11. The summed E-state index contributed by atoms with van der Waals surface area (Å²) < 4.78 is 11.0. The van der Waals surface area contributed by atoms with Gasteiger partial charge in [-0.05, 0) is 32.6 Å². The van der Waals surface area contributed by atoms with Crippen LogP contribution in [0.25, 0.3) is 0 Å². The van der Waals surface area contributed by atoms with Crippen molar-refractivity contribution in [3.05, 3.63) is 0 Å². The van der Waals surface area contributed by atoms with Crippen molar-refractivity contribution in [3.63, 3.8) is 0 Å². The zero-order valence-electron chi connectivity index (χ0n) is 13.2. The van der Waals surface area contributed by atoms with Gasteiger partial charge in [0.1, 0.15) is 6.10 Å². The molecule has 0 aliphatic carbocycles. The molecule has 1 fully saturated rings. The number of aliphatic carboxylic acids is 1. The van der Waals surface area contributed by atoms with E-state index in [4.69, 9.17) is 14.6 Å². The minimum Gasteiger partial charge on any atom is -0.481 e. The highest BCUT2D eigenvalue weighted by atomic mass is 16.5. The van der Waals surface area contributed by atoms with E-state index >= 15 is 0 Å². The predicted octanol–water partition coefficient (Wildman–Crippen LogP) is 1.72. The number of ether oxygens (including phenoxy) is 2. The monoisotopic (exact) mass is 301 g/mol. The molecule has 2 unspecified atom stereocenters. The lowest BCUT2D eigenvalue weighted by Gasteiger charge is -2.32. The molecular formula is C15H27NO5. The van der Waals surface area contributed by atoms with Crippen LogP contribution in [-0.4, -0.2) is 47.9 Å². The molecule has 0 aromatic heterocycles. The molecule has 1 amide bonds. The fourth-order valence-electron chi connectivity index (χ4n) is 2.48. The quantitative estimate of drug-likeness (QED) is 0.677. The first kappa shape index (κ1) is 17.9. The van der Waals surface area contributed by atoms with Gasteiger partial charge in [0.05, 0.1) is 24.7 Å². The Balaban J connectivity index is 2.48. The molecule has 1 rings (SSSR count). The number of rotatable bonds is 9. The van der Waals surface area contributed by atoms with Crippen molar-refractivity contribution >= 4 is 11.9 Å². The fraction of sp³-hybridized carbons (Fsp3) is 0.867. The normalized spacial score (nSPS) is 20.2. The smallest absolute Gasteiger partial charge is 0.305 e. The lowest BCUT2D eigenvalue weighted by molar-refractivity contribution is -0.141. The average molecular weight is 301 g/mol. The van der Waals surface area contributed by atoms with Crippen molar-refractivity contribution in [1.29, 1.82) is 0 Å². The second kappa shape index (κ2) is 8.34. The largest absolute Gasteiger partial charge is 0.481 e. The zero-order chi connectivity index (χ0) is 15.9. The van der Waals surface area contributed by atoms with Crippen molar-refractivity contribution in [3.8, 4) is 0 Å². The molecule has 0 bridgehead atoms. The summed E-state index contributed by atoms with van der Waals surface area (Å²) in [7, 11) is 0. The van der Waals surface area contributed by atoms with E-state index in [1.807, 2.05) is 13.8 Å². The van der Waals surface area contributed by atoms with Gasteiger partial charge in [-0.2, -0.15) is 0 Å². The molecule has 1 heterocycles. The minimum atomic E-state index is -0.910. The molecular weight excluding hydrogens is 274 g/mol. The van der Waals surface area contributed by atoms with E-state index < -0.39 is 17.6 Å². The summed E-state index contributed by atoms with van der Waals surface area (Å²) in [6, 6.07) is 0. The van der Waals surface area contributed by atoms with Gasteiger partial charge in [-0.15, -0.1) is 0 Å². The third kappa shape index (κ3) is 5.63. The van der Waals surface area contributed by atoms with Gasteiger partial charge in [-0.25, -0.2) is 0 Å². The molecule has 0 radical (unpaired) electrons. The van der Waals surface area contributed by atoms with E-state index in [1.165, 1.54) is 0 Å². The first-order valence-electron chi connectivity index (χ1n) is 7.69. The fourth-order valence-corrected chi connectivity index (χ4v) is 2.48. The number of carboxylic acids is 1. The lowest BCUT2D eigenvalue weighted by atomic mass is 9.88. The predicted molar refractivity (Wildman–Crippen MR) is 78.1 cm³/mol. The maximum Gasteiger partial charge on any atom is 0.305 e. The van der Waals surface area contributed by atoms with Gasteiger partial charge in [0.25, 0.3) is 0 Å². The Morgan fingerprint density at radius 2 is 2.10 bits per heavy atom. The van der Waals surface area contributed by atoms with Crippen LogP contribution in [0.2, 0.25) is 0 Å². The summed E-state index contributed by atoms with van der Waals surface area (Å²) in [5, 5.41) is 11.9. The topological polar surface area (TPSA) is 84.9 Å². The second-order valence-corrected chi connectivity index (χ2v) is 5.66. The maximum absolute atomic E-state index is 12.2. The highest BCUT2D eigenvalue weighted by molar-refractivity contribution is 5.82. The molecule has 21 heavy (non-hydrogen) atoms. The summed E-state index contributed by atoms with van der Waals surface area (Å²) in [4.78, 5) is 23.2. The van der Waals surface area contributed by atoms with E-state index in [2.05, 4.69) is 5.32 Å². The van der Waals surface area contributed by atoms with Gasteiger partial charge in [-0.1, -0.05) is 13.8 Å². The Labute approximate surface area is 126 Å². The number of carbonyl (C=O) groups is 2. The van der Waals surface area contributed by atoms with Gasteiger partial charge in [-0.3, -0.25) is 9.59 Å². The van der Waals surface area contributed by atoms with Crippen LogP contribution in [0, 0.1) is 0 Å². The number of hydrogen-bond donors (Lipinski definition) is 2. The number of carboxylic acid groups (broad SMARTS) is 1. The maximum atomic E-state index is 12.2. The Morgan fingerprint density at radius 1 is 1.43 bits per heavy atom. The van der Waals surface area contributed by atoms with Crippen molar-refractivity contribution in [1.82, 2.24) is 5.32 Å². The number of nitrogens with one attached hydrogen (secondary N) is 1. The van der Waals surface area contributed by atoms with Crippen LogP contribution in [0.1, 0.15) is 52.9 Å². The van der Waals surface area contributed by atoms with Gasteiger partial charge in [0, 0.05) is 6.61 Å². The van der Waals surface area contributed by atoms with Gasteiger partial charge in [0.2, 0.25) is 5.91 Å². The lowest BCUT2D eigenvalue weighted by Crippen LogP contribution is -2.52. The molecule has 0 aromatic rings. The zero-order valence-corrected chi connectivity index (χ0v) is 13.2. The minimum absolute atomic E-state index is 0.0707. The molecule has 0 saturated carbocycles. The standard InChI is InChI=1S/C15H27NO5/c1-4-15(5-2,9-13(17)18)16-14(19)11(3)21-10-12-7-6-8-20-12/h11-12H,4-10H2,1-3H3,(H,16,19)(H,17,18). The van der Waals surface area contributed by atoms with E-state index in [1.54, 1.807) is 6.92 Å². The molecule has 6 heteroatoms. The second-order valence-electron chi connectivity index (χ2n) is 5.66. The molecule has 6 nitrogen and oxygen atoms in total. The first-order valence-corrected chi connectivity index (χ1v) is 7.69. The summed E-state index contributed by atoms with van der Waals surface area (Å²) in [5.41, 5.74) is -0.704. The highest BCUT2D eigenvalue weighted by Gasteiger charge is 2.32. The molecule has 1 aliphatic heterocycles. The molecule has 2 atom stereocenters. The van der Waals surface area contributed by atoms with E-state index in [0.717, 1.165) is 19.4 Å². The van der Waals surface area contributed by atoms with Gasteiger partial charge >= 0.3 is 5.97 Å². The van der Waals surface area contributed by atoms with Crippen molar-refractivity contribution in [2.24, 2.45) is 0 Å². The summed E-state index contributed by atoms with van der Waals surface area (Å²) in [6.45, 7) is 6.59. The van der Waals surface area contributed by atoms with E-state index in [-0.39, 0.29) is 18.4 Å². The van der Waals surface area contributed by atoms with Crippen molar-refractivity contribution < 1.29 is 24.2 Å².